The predicted octanol–water partition coefficient (Wildman–Crippen LogP) is 2.39. The molecule has 0 aromatic heterocycles. The Balaban J connectivity index is 2.02. The molecule has 1 atom stereocenters. The van der Waals surface area contributed by atoms with Gasteiger partial charge in [-0.25, -0.2) is 8.78 Å². The fourth-order valence-corrected chi connectivity index (χ4v) is 2.13. The summed E-state index contributed by atoms with van der Waals surface area (Å²) in [5.41, 5.74) is -0.160. The van der Waals surface area contributed by atoms with E-state index in [1.807, 2.05) is 0 Å². The van der Waals surface area contributed by atoms with Gasteiger partial charge in [0.2, 0.25) is 0 Å². The first-order valence-electron chi connectivity index (χ1n) is 6.07. The van der Waals surface area contributed by atoms with Gasteiger partial charge in [0.15, 0.2) is 11.6 Å². The van der Waals surface area contributed by atoms with E-state index in [1.54, 1.807) is 6.07 Å². The van der Waals surface area contributed by atoms with Gasteiger partial charge in [-0.05, 0) is 31.5 Å². The number of halogens is 2. The molecule has 0 spiro atoms. The molecule has 2 rings (SSSR count). The van der Waals surface area contributed by atoms with E-state index in [0.29, 0.717) is 6.54 Å². The fraction of sp³-hybridized carbons (Fsp3) is 0.462. The first kappa shape index (κ1) is 12.8. The van der Waals surface area contributed by atoms with Crippen LogP contribution in [0.25, 0.3) is 0 Å². The number of hydrogen-bond acceptors (Lipinski definition) is 3. The van der Waals surface area contributed by atoms with E-state index in [4.69, 9.17) is 5.26 Å². The molecule has 5 heteroatoms. The van der Waals surface area contributed by atoms with Crippen molar-refractivity contribution < 1.29 is 8.78 Å². The van der Waals surface area contributed by atoms with E-state index in [1.165, 1.54) is 0 Å². The molecule has 1 aromatic rings. The Bertz CT molecular complexity index is 439. The summed E-state index contributed by atoms with van der Waals surface area (Å²) >= 11 is 0. The largest absolute Gasteiger partial charge is 0.379 e. The molecular weight excluding hydrogens is 236 g/mol. The zero-order valence-electron chi connectivity index (χ0n) is 9.97. The molecule has 2 N–H and O–H groups in total. The zero-order valence-corrected chi connectivity index (χ0v) is 9.97. The van der Waals surface area contributed by atoms with Gasteiger partial charge in [-0.15, -0.1) is 0 Å². The SMILES string of the molecule is N#Cc1cc(F)c(NCC2CCCCN2)c(F)c1. The Labute approximate surface area is 105 Å². The molecule has 1 fully saturated rings. The molecule has 3 nitrogen and oxygen atoms in total. The van der Waals surface area contributed by atoms with Crippen LogP contribution in [0.3, 0.4) is 0 Å². The Morgan fingerprint density at radius 2 is 2.06 bits per heavy atom. The Hall–Kier alpha value is -1.67. The van der Waals surface area contributed by atoms with Crippen LogP contribution in [-0.4, -0.2) is 19.1 Å². The molecule has 0 aliphatic carbocycles. The number of anilines is 1. The van der Waals surface area contributed by atoms with E-state index < -0.39 is 11.6 Å². The van der Waals surface area contributed by atoms with Gasteiger partial charge in [-0.2, -0.15) is 5.26 Å². The van der Waals surface area contributed by atoms with Crippen LogP contribution in [0.15, 0.2) is 12.1 Å². The number of nitrogens with zero attached hydrogens (tertiary/aromatic N) is 1. The number of nitrogens with one attached hydrogen (secondary N) is 2. The summed E-state index contributed by atoms with van der Waals surface area (Å²) in [6, 6.07) is 4.05. The van der Waals surface area contributed by atoms with Crippen LogP contribution in [-0.2, 0) is 0 Å². The average molecular weight is 251 g/mol. The highest BCUT2D eigenvalue weighted by molar-refractivity contribution is 5.50. The number of rotatable bonds is 3. The first-order chi connectivity index (χ1) is 8.70. The molecule has 0 bridgehead atoms. The summed E-state index contributed by atoms with van der Waals surface area (Å²) in [4.78, 5) is 0. The third-order valence-electron chi connectivity index (χ3n) is 3.11. The van der Waals surface area contributed by atoms with Crippen molar-refractivity contribution in [3.63, 3.8) is 0 Å². The normalized spacial score (nSPS) is 19.3. The summed E-state index contributed by atoms with van der Waals surface area (Å²) in [6.45, 7) is 1.43. The molecule has 0 saturated carbocycles. The smallest absolute Gasteiger partial charge is 0.150 e. The standard InChI is InChI=1S/C13H15F2N3/c14-11-5-9(7-16)6-12(15)13(11)18-8-10-3-1-2-4-17-10/h5-6,10,17-18H,1-4,8H2. The minimum atomic E-state index is -0.720. The zero-order chi connectivity index (χ0) is 13.0. The van der Waals surface area contributed by atoms with Crippen LogP contribution in [0.1, 0.15) is 24.8 Å². The lowest BCUT2D eigenvalue weighted by atomic mass is 10.0. The number of piperidine rings is 1. The lowest BCUT2D eigenvalue weighted by Gasteiger charge is -2.24. The molecule has 1 aliphatic rings. The van der Waals surface area contributed by atoms with Gasteiger partial charge in [0.05, 0.1) is 11.6 Å². The molecule has 1 aliphatic heterocycles. The number of benzene rings is 1. The van der Waals surface area contributed by atoms with Gasteiger partial charge in [0.25, 0.3) is 0 Å². The maximum atomic E-state index is 13.6. The van der Waals surface area contributed by atoms with Crippen molar-refractivity contribution in [1.29, 1.82) is 5.26 Å². The van der Waals surface area contributed by atoms with Crippen molar-refractivity contribution in [3.05, 3.63) is 29.3 Å². The van der Waals surface area contributed by atoms with E-state index in [2.05, 4.69) is 10.6 Å². The minimum absolute atomic E-state index is 0.00802. The van der Waals surface area contributed by atoms with Crippen LogP contribution in [0.5, 0.6) is 0 Å². The maximum absolute atomic E-state index is 13.6. The van der Waals surface area contributed by atoms with Crippen LogP contribution in [0.2, 0.25) is 0 Å². The number of nitriles is 1. The highest BCUT2D eigenvalue weighted by atomic mass is 19.1. The molecule has 1 aromatic carbocycles. The quantitative estimate of drug-likeness (QED) is 0.867. The fourth-order valence-electron chi connectivity index (χ4n) is 2.13. The second kappa shape index (κ2) is 5.78. The van der Waals surface area contributed by atoms with Crippen LogP contribution < -0.4 is 10.6 Å². The predicted molar refractivity (Wildman–Crippen MR) is 65.2 cm³/mol. The Morgan fingerprint density at radius 3 is 2.61 bits per heavy atom. The molecular formula is C13H15F2N3. The van der Waals surface area contributed by atoms with E-state index in [9.17, 15) is 8.78 Å². The van der Waals surface area contributed by atoms with Gasteiger partial charge in [0, 0.05) is 12.6 Å². The highest BCUT2D eigenvalue weighted by Crippen LogP contribution is 2.21. The van der Waals surface area contributed by atoms with Gasteiger partial charge < -0.3 is 10.6 Å². The van der Waals surface area contributed by atoms with E-state index in [-0.39, 0.29) is 17.3 Å². The summed E-state index contributed by atoms with van der Waals surface area (Å²) in [5, 5.41) is 14.7. The minimum Gasteiger partial charge on any atom is -0.379 e. The Kier molecular flexibility index (Phi) is 4.11. The highest BCUT2D eigenvalue weighted by Gasteiger charge is 2.15. The third-order valence-corrected chi connectivity index (χ3v) is 3.11. The second-order valence-electron chi connectivity index (χ2n) is 4.45. The van der Waals surface area contributed by atoms with Crippen molar-refractivity contribution in [2.24, 2.45) is 0 Å². The number of hydrogen-bond donors (Lipinski definition) is 2. The lowest BCUT2D eigenvalue weighted by Crippen LogP contribution is -2.39. The van der Waals surface area contributed by atoms with Crippen LogP contribution in [0, 0.1) is 23.0 Å². The van der Waals surface area contributed by atoms with Crippen molar-refractivity contribution in [2.75, 3.05) is 18.4 Å². The van der Waals surface area contributed by atoms with Crippen molar-refractivity contribution in [3.8, 4) is 6.07 Å². The molecule has 1 saturated heterocycles. The molecule has 1 heterocycles. The summed E-state index contributed by atoms with van der Waals surface area (Å²) in [5.74, 6) is -1.44. The van der Waals surface area contributed by atoms with Gasteiger partial charge >= 0.3 is 0 Å². The lowest BCUT2D eigenvalue weighted by molar-refractivity contribution is 0.413. The van der Waals surface area contributed by atoms with Crippen LogP contribution >= 0.6 is 0 Å². The Morgan fingerprint density at radius 1 is 1.33 bits per heavy atom. The molecule has 0 radical (unpaired) electrons. The first-order valence-corrected chi connectivity index (χ1v) is 6.07. The van der Waals surface area contributed by atoms with Crippen molar-refractivity contribution >= 4 is 5.69 Å². The maximum Gasteiger partial charge on any atom is 0.150 e. The molecule has 0 amide bonds. The van der Waals surface area contributed by atoms with Crippen molar-refractivity contribution in [2.45, 2.75) is 25.3 Å². The summed E-state index contributed by atoms with van der Waals surface area (Å²) < 4.78 is 27.2. The van der Waals surface area contributed by atoms with Gasteiger partial charge in [0.1, 0.15) is 5.69 Å². The van der Waals surface area contributed by atoms with Gasteiger partial charge in [-0.3, -0.25) is 0 Å². The average Bonchev–Trinajstić information content (AvgIpc) is 2.38. The second-order valence-corrected chi connectivity index (χ2v) is 4.45. The third kappa shape index (κ3) is 2.96. The van der Waals surface area contributed by atoms with Crippen molar-refractivity contribution in [1.82, 2.24) is 5.32 Å². The molecule has 1 unspecified atom stereocenters. The molecule has 18 heavy (non-hydrogen) atoms. The summed E-state index contributed by atoms with van der Waals surface area (Å²) in [6.07, 6.45) is 3.29. The van der Waals surface area contributed by atoms with Gasteiger partial charge in [-0.1, -0.05) is 6.42 Å². The van der Waals surface area contributed by atoms with E-state index in [0.717, 1.165) is 37.9 Å². The molecule has 96 valence electrons. The summed E-state index contributed by atoms with van der Waals surface area (Å²) in [7, 11) is 0. The van der Waals surface area contributed by atoms with Crippen LogP contribution in [0.4, 0.5) is 14.5 Å². The monoisotopic (exact) mass is 251 g/mol. The topological polar surface area (TPSA) is 47.9 Å². The van der Waals surface area contributed by atoms with E-state index >= 15 is 0 Å².